The number of benzene rings is 2. The largest absolute Gasteiger partial charge is 0.486 e. The molecule has 0 radical (unpaired) electrons. The first kappa shape index (κ1) is 27.3. The predicted octanol–water partition coefficient (Wildman–Crippen LogP) is 7.46. The highest BCUT2D eigenvalue weighted by Gasteiger charge is 2.30. The molecule has 0 aliphatic carbocycles. The van der Waals surface area contributed by atoms with Crippen LogP contribution in [0.1, 0.15) is 65.2 Å². The molecule has 0 bridgehead atoms. The van der Waals surface area contributed by atoms with Crippen LogP contribution in [0.3, 0.4) is 0 Å². The molecule has 3 aromatic rings. The highest BCUT2D eigenvalue weighted by atomic mass is 32.1. The van der Waals surface area contributed by atoms with Gasteiger partial charge < -0.3 is 4.74 Å². The van der Waals surface area contributed by atoms with Gasteiger partial charge in [-0.05, 0) is 61.6 Å². The molecule has 0 saturated heterocycles. The minimum atomic E-state index is -4.39. The first-order valence-electron chi connectivity index (χ1n) is 11.6. The standard InChI is InChI=1S/C28H28F3NO3S/c1-5-6-21-15-20(9-13-24(21)35-16-18(4)33)23(34)12-14-25-26(17(2)3)32-27(36-25)19-7-10-22(11-8-19)28(29,30)31/h5,7-11,13,15,17H,1,6,12,14,16H2,2-4H3. The molecule has 0 N–H and O–H groups in total. The number of hydrogen-bond donors (Lipinski definition) is 0. The van der Waals surface area contributed by atoms with Gasteiger partial charge in [0.1, 0.15) is 17.4 Å². The van der Waals surface area contributed by atoms with E-state index in [9.17, 15) is 22.8 Å². The van der Waals surface area contributed by atoms with Crippen molar-refractivity contribution in [1.29, 1.82) is 0 Å². The van der Waals surface area contributed by atoms with Crippen molar-refractivity contribution in [3.63, 3.8) is 0 Å². The molecule has 1 aromatic heterocycles. The van der Waals surface area contributed by atoms with Crippen molar-refractivity contribution in [2.45, 2.75) is 52.1 Å². The lowest BCUT2D eigenvalue weighted by molar-refractivity contribution is -0.137. The highest BCUT2D eigenvalue weighted by Crippen LogP contribution is 2.35. The Morgan fingerprint density at radius 2 is 1.83 bits per heavy atom. The summed E-state index contributed by atoms with van der Waals surface area (Å²) in [5, 5.41) is 0.634. The van der Waals surface area contributed by atoms with Crippen LogP contribution < -0.4 is 4.74 Å². The molecule has 3 rings (SSSR count). The van der Waals surface area contributed by atoms with Gasteiger partial charge in [-0.2, -0.15) is 13.2 Å². The minimum absolute atomic E-state index is 0.0396. The Labute approximate surface area is 212 Å². The predicted molar refractivity (Wildman–Crippen MR) is 136 cm³/mol. The fraction of sp³-hybridized carbons (Fsp3) is 0.321. The number of nitrogens with zero attached hydrogens (tertiary/aromatic N) is 1. The van der Waals surface area contributed by atoms with Gasteiger partial charge in [0.2, 0.25) is 0 Å². The number of ketones is 2. The second kappa shape index (κ2) is 11.6. The van der Waals surface area contributed by atoms with E-state index in [0.29, 0.717) is 34.7 Å². The maximum atomic E-state index is 13.0. The molecule has 0 amide bonds. The van der Waals surface area contributed by atoms with Crippen molar-refractivity contribution < 1.29 is 27.5 Å². The number of carbonyl (C=O) groups excluding carboxylic acids is 2. The molecule has 190 valence electrons. The number of allylic oxidation sites excluding steroid dienone is 1. The molecule has 0 aliphatic rings. The Kier molecular flexibility index (Phi) is 8.84. The number of aryl methyl sites for hydroxylation is 1. The van der Waals surface area contributed by atoms with Gasteiger partial charge in [-0.1, -0.05) is 32.1 Å². The minimum Gasteiger partial charge on any atom is -0.486 e. The number of rotatable bonds is 11. The summed E-state index contributed by atoms with van der Waals surface area (Å²) >= 11 is 1.40. The number of aromatic nitrogens is 1. The van der Waals surface area contributed by atoms with Crippen LogP contribution in [0.15, 0.2) is 55.1 Å². The molecular formula is C28H28F3NO3S. The summed E-state index contributed by atoms with van der Waals surface area (Å²) in [5.41, 5.74) is 2.08. The first-order chi connectivity index (χ1) is 17.0. The van der Waals surface area contributed by atoms with Gasteiger partial charge in [0.05, 0.1) is 11.3 Å². The van der Waals surface area contributed by atoms with E-state index in [1.165, 1.54) is 30.4 Å². The molecule has 4 nitrogen and oxygen atoms in total. The second-order valence-corrected chi connectivity index (χ2v) is 9.87. The van der Waals surface area contributed by atoms with Crippen LogP contribution in [0.25, 0.3) is 10.6 Å². The zero-order chi connectivity index (χ0) is 26.5. The van der Waals surface area contributed by atoms with Crippen LogP contribution in [-0.2, 0) is 23.8 Å². The highest BCUT2D eigenvalue weighted by molar-refractivity contribution is 7.15. The van der Waals surface area contributed by atoms with E-state index in [-0.39, 0.29) is 30.5 Å². The third kappa shape index (κ3) is 6.91. The monoisotopic (exact) mass is 515 g/mol. The van der Waals surface area contributed by atoms with E-state index >= 15 is 0 Å². The SMILES string of the molecule is C=CCc1cc(C(=O)CCc2sc(-c3ccc(C(F)(F)F)cc3)nc2C(C)C)ccc1OCC(C)=O. The van der Waals surface area contributed by atoms with Crippen LogP contribution in [0, 0.1) is 0 Å². The first-order valence-corrected chi connectivity index (χ1v) is 12.4. The quantitative estimate of drug-likeness (QED) is 0.196. The summed E-state index contributed by atoms with van der Waals surface area (Å²) in [5.74, 6) is 0.511. The van der Waals surface area contributed by atoms with Crippen molar-refractivity contribution >= 4 is 22.9 Å². The van der Waals surface area contributed by atoms with Gasteiger partial charge in [0.25, 0.3) is 0 Å². The maximum absolute atomic E-state index is 13.0. The summed E-state index contributed by atoms with van der Waals surface area (Å²) in [6, 6.07) is 10.1. The number of ether oxygens (including phenoxy) is 1. The molecule has 0 fully saturated rings. The van der Waals surface area contributed by atoms with E-state index < -0.39 is 11.7 Å². The molecular weight excluding hydrogens is 487 g/mol. The number of hydrogen-bond acceptors (Lipinski definition) is 5. The molecule has 0 saturated carbocycles. The average Bonchev–Trinajstić information content (AvgIpc) is 3.26. The van der Waals surface area contributed by atoms with Crippen molar-refractivity contribution in [3.8, 4) is 16.3 Å². The van der Waals surface area contributed by atoms with Crippen LogP contribution >= 0.6 is 11.3 Å². The zero-order valence-corrected chi connectivity index (χ0v) is 21.3. The normalized spacial score (nSPS) is 11.5. The Morgan fingerprint density at radius 3 is 2.42 bits per heavy atom. The molecule has 2 aromatic carbocycles. The lowest BCUT2D eigenvalue weighted by Gasteiger charge is -2.11. The number of carbonyl (C=O) groups is 2. The smallest absolute Gasteiger partial charge is 0.416 e. The Bertz CT molecular complexity index is 1240. The summed E-state index contributed by atoms with van der Waals surface area (Å²) in [4.78, 5) is 29.9. The summed E-state index contributed by atoms with van der Waals surface area (Å²) in [6.45, 7) is 9.14. The molecule has 8 heteroatoms. The maximum Gasteiger partial charge on any atom is 0.416 e. The summed E-state index contributed by atoms with van der Waals surface area (Å²) in [7, 11) is 0. The Morgan fingerprint density at radius 1 is 1.14 bits per heavy atom. The third-order valence-corrected chi connectivity index (χ3v) is 6.67. The van der Waals surface area contributed by atoms with Gasteiger partial charge in [-0.3, -0.25) is 9.59 Å². The number of alkyl halides is 3. The topological polar surface area (TPSA) is 56.3 Å². The van der Waals surface area contributed by atoms with E-state index in [4.69, 9.17) is 4.74 Å². The number of thiazole rings is 1. The second-order valence-electron chi connectivity index (χ2n) is 8.79. The van der Waals surface area contributed by atoms with E-state index in [0.717, 1.165) is 28.3 Å². The number of Topliss-reactive ketones (excluding diaryl/α,β-unsaturated/α-hetero) is 2. The van der Waals surface area contributed by atoms with Crippen molar-refractivity contribution in [1.82, 2.24) is 4.98 Å². The average molecular weight is 516 g/mol. The van der Waals surface area contributed by atoms with Crippen LogP contribution in [0.5, 0.6) is 5.75 Å². The van der Waals surface area contributed by atoms with Gasteiger partial charge in [0, 0.05) is 22.4 Å². The molecule has 1 heterocycles. The fourth-order valence-corrected chi connectivity index (χ4v) is 4.90. The molecule has 0 unspecified atom stereocenters. The Hall–Kier alpha value is -3.26. The van der Waals surface area contributed by atoms with E-state index in [1.807, 2.05) is 13.8 Å². The van der Waals surface area contributed by atoms with Gasteiger partial charge >= 0.3 is 6.18 Å². The van der Waals surface area contributed by atoms with E-state index in [1.54, 1.807) is 24.3 Å². The molecule has 0 spiro atoms. The molecule has 0 atom stereocenters. The van der Waals surface area contributed by atoms with Crippen molar-refractivity contribution in [3.05, 3.63) is 82.4 Å². The van der Waals surface area contributed by atoms with Crippen LogP contribution in [0.2, 0.25) is 0 Å². The lowest BCUT2D eigenvalue weighted by Crippen LogP contribution is -2.09. The molecule has 36 heavy (non-hydrogen) atoms. The van der Waals surface area contributed by atoms with Crippen LogP contribution in [-0.4, -0.2) is 23.2 Å². The van der Waals surface area contributed by atoms with Crippen molar-refractivity contribution in [2.75, 3.05) is 6.61 Å². The molecule has 0 aliphatic heterocycles. The third-order valence-electron chi connectivity index (χ3n) is 5.49. The Balaban J connectivity index is 1.78. The number of halogens is 3. The van der Waals surface area contributed by atoms with Gasteiger partial charge in [0.15, 0.2) is 11.6 Å². The lowest BCUT2D eigenvalue weighted by atomic mass is 10.00. The zero-order valence-electron chi connectivity index (χ0n) is 20.4. The summed E-state index contributed by atoms with van der Waals surface area (Å²) in [6.07, 6.45) is -1.45. The summed E-state index contributed by atoms with van der Waals surface area (Å²) < 4.78 is 44.3. The van der Waals surface area contributed by atoms with Crippen LogP contribution in [0.4, 0.5) is 13.2 Å². The fourth-order valence-electron chi connectivity index (χ4n) is 3.68. The van der Waals surface area contributed by atoms with Gasteiger partial charge in [-0.25, -0.2) is 4.98 Å². The van der Waals surface area contributed by atoms with E-state index in [2.05, 4.69) is 11.6 Å². The van der Waals surface area contributed by atoms with Crippen molar-refractivity contribution in [2.24, 2.45) is 0 Å². The van der Waals surface area contributed by atoms with Gasteiger partial charge in [-0.15, -0.1) is 17.9 Å².